The highest BCUT2D eigenvalue weighted by Gasteiger charge is 2.30. The Balaban J connectivity index is 1.67. The van der Waals surface area contributed by atoms with Gasteiger partial charge in [-0.3, -0.25) is 4.79 Å². The maximum Gasteiger partial charge on any atom is 0.227 e. The van der Waals surface area contributed by atoms with E-state index in [1.54, 1.807) is 6.07 Å². The van der Waals surface area contributed by atoms with Crippen molar-refractivity contribution >= 4 is 11.6 Å². The van der Waals surface area contributed by atoms with Gasteiger partial charge in [-0.2, -0.15) is 0 Å². The molecule has 2 aromatic rings. The topological polar surface area (TPSA) is 58.6 Å². The van der Waals surface area contributed by atoms with Crippen LogP contribution >= 0.6 is 0 Å². The minimum absolute atomic E-state index is 0.0427. The van der Waals surface area contributed by atoms with Crippen molar-refractivity contribution in [1.29, 1.82) is 0 Å². The smallest absolute Gasteiger partial charge is 0.227 e. The normalized spacial score (nSPS) is 15.0. The fourth-order valence-corrected chi connectivity index (χ4v) is 2.65. The average Bonchev–Trinajstić information content (AvgIpc) is 3.41. The number of carbonyl (C=O) groups excluding carboxylic acids is 1. The van der Waals surface area contributed by atoms with Gasteiger partial charge in [-0.05, 0) is 49.9 Å². The first-order valence-electron chi connectivity index (χ1n) is 8.32. The van der Waals surface area contributed by atoms with Crippen molar-refractivity contribution in [2.75, 3.05) is 11.9 Å². The van der Waals surface area contributed by atoms with Crippen molar-refractivity contribution in [3.05, 3.63) is 59.2 Å². The van der Waals surface area contributed by atoms with E-state index in [4.69, 9.17) is 4.74 Å². The minimum atomic E-state index is -0.711. The summed E-state index contributed by atoms with van der Waals surface area (Å²) in [6.45, 7) is 4.11. The molecular formula is C20H23NO3. The van der Waals surface area contributed by atoms with Crippen molar-refractivity contribution in [1.82, 2.24) is 0 Å². The molecule has 1 aliphatic rings. The van der Waals surface area contributed by atoms with Crippen molar-refractivity contribution in [2.45, 2.75) is 32.8 Å². The summed E-state index contributed by atoms with van der Waals surface area (Å²) in [5.74, 6) is 0.760. The summed E-state index contributed by atoms with van der Waals surface area (Å²) >= 11 is 0. The van der Waals surface area contributed by atoms with Gasteiger partial charge in [-0.25, -0.2) is 0 Å². The highest BCUT2D eigenvalue weighted by atomic mass is 16.5. The highest BCUT2D eigenvalue weighted by molar-refractivity contribution is 5.95. The molecule has 24 heavy (non-hydrogen) atoms. The largest absolute Gasteiger partial charge is 0.488 e. The molecule has 0 saturated heterocycles. The molecule has 1 fully saturated rings. The number of aryl methyl sites for hydroxylation is 2. The van der Waals surface area contributed by atoms with Crippen LogP contribution in [-0.4, -0.2) is 17.6 Å². The van der Waals surface area contributed by atoms with E-state index in [-0.39, 0.29) is 18.4 Å². The van der Waals surface area contributed by atoms with E-state index >= 15 is 0 Å². The zero-order valence-electron chi connectivity index (χ0n) is 14.1. The van der Waals surface area contributed by atoms with E-state index in [2.05, 4.69) is 5.32 Å². The molecule has 1 unspecified atom stereocenters. The van der Waals surface area contributed by atoms with E-state index in [0.717, 1.165) is 29.5 Å². The van der Waals surface area contributed by atoms with Crippen LogP contribution in [0.4, 0.5) is 5.69 Å². The number of ether oxygens (including phenoxy) is 1. The van der Waals surface area contributed by atoms with Crippen LogP contribution in [0.15, 0.2) is 42.5 Å². The Morgan fingerprint density at radius 3 is 2.75 bits per heavy atom. The Morgan fingerprint density at radius 1 is 1.25 bits per heavy atom. The van der Waals surface area contributed by atoms with Crippen molar-refractivity contribution < 1.29 is 14.6 Å². The first-order chi connectivity index (χ1) is 11.5. The van der Waals surface area contributed by atoms with Gasteiger partial charge < -0.3 is 15.2 Å². The van der Waals surface area contributed by atoms with Crippen molar-refractivity contribution in [2.24, 2.45) is 5.92 Å². The maximum absolute atomic E-state index is 12.0. The fourth-order valence-electron chi connectivity index (χ4n) is 2.65. The molecule has 2 N–H and O–H groups in total. The second-order valence-electron chi connectivity index (χ2n) is 6.45. The summed E-state index contributed by atoms with van der Waals surface area (Å²) < 4.78 is 5.78. The molecule has 0 aliphatic heterocycles. The number of aliphatic hydroxyl groups excluding tert-OH is 1. The van der Waals surface area contributed by atoms with Crippen LogP contribution in [0.1, 0.15) is 35.6 Å². The molecule has 4 nitrogen and oxygen atoms in total. The van der Waals surface area contributed by atoms with Gasteiger partial charge in [0.25, 0.3) is 0 Å². The molecule has 1 amide bonds. The monoisotopic (exact) mass is 325 g/mol. The number of nitrogens with one attached hydrogen (secondary N) is 1. The molecule has 0 aromatic heterocycles. The summed E-state index contributed by atoms with van der Waals surface area (Å²) in [6.07, 6.45) is 1.21. The molecule has 0 bridgehead atoms. The number of hydrogen-bond donors (Lipinski definition) is 2. The fraction of sp³-hybridized carbons (Fsp3) is 0.350. The van der Waals surface area contributed by atoms with Crippen molar-refractivity contribution in [3.63, 3.8) is 0 Å². The van der Waals surface area contributed by atoms with Gasteiger partial charge in [-0.15, -0.1) is 0 Å². The lowest BCUT2D eigenvalue weighted by Gasteiger charge is -2.17. The van der Waals surface area contributed by atoms with Crippen LogP contribution < -0.4 is 10.1 Å². The molecule has 4 heteroatoms. The molecule has 1 saturated carbocycles. The van der Waals surface area contributed by atoms with Gasteiger partial charge in [0.05, 0.1) is 5.69 Å². The zero-order chi connectivity index (χ0) is 17.1. The maximum atomic E-state index is 12.0. The molecule has 126 valence electrons. The zero-order valence-corrected chi connectivity index (χ0v) is 14.1. The number of anilines is 1. The van der Waals surface area contributed by atoms with Crippen LogP contribution in [0.3, 0.4) is 0 Å². The average molecular weight is 325 g/mol. The third kappa shape index (κ3) is 3.95. The van der Waals surface area contributed by atoms with Gasteiger partial charge in [0.1, 0.15) is 18.5 Å². The second kappa shape index (κ2) is 7.05. The molecular weight excluding hydrogens is 302 g/mol. The second-order valence-corrected chi connectivity index (χ2v) is 6.45. The number of para-hydroxylation sites is 2. The quantitative estimate of drug-likeness (QED) is 0.850. The lowest BCUT2D eigenvalue weighted by Crippen LogP contribution is -2.16. The Kier molecular flexibility index (Phi) is 4.86. The molecule has 0 radical (unpaired) electrons. The molecule has 2 aromatic carbocycles. The number of rotatable bonds is 6. The first kappa shape index (κ1) is 16.5. The van der Waals surface area contributed by atoms with Crippen LogP contribution in [0.2, 0.25) is 0 Å². The van der Waals surface area contributed by atoms with Gasteiger partial charge in [-0.1, -0.05) is 35.9 Å². The summed E-state index contributed by atoms with van der Waals surface area (Å²) in [5, 5.41) is 13.4. The van der Waals surface area contributed by atoms with E-state index < -0.39 is 6.10 Å². The number of hydrogen-bond acceptors (Lipinski definition) is 3. The molecule has 3 rings (SSSR count). The Bertz CT molecular complexity index is 737. The van der Waals surface area contributed by atoms with E-state index in [0.29, 0.717) is 11.4 Å². The van der Waals surface area contributed by atoms with Gasteiger partial charge in [0.15, 0.2) is 0 Å². The lowest BCUT2D eigenvalue weighted by atomic mass is 10.0. The number of carbonyl (C=O) groups is 1. The van der Waals surface area contributed by atoms with Gasteiger partial charge in [0, 0.05) is 5.92 Å². The third-order valence-electron chi connectivity index (χ3n) is 4.28. The summed E-state index contributed by atoms with van der Waals surface area (Å²) in [7, 11) is 0. The number of amides is 1. The molecule has 1 atom stereocenters. The number of benzene rings is 2. The standard InChI is InChI=1S/C20H23NO3/c1-13-7-8-14(2)16(11-13)18(22)12-24-19-6-4-3-5-17(19)21-20(23)15-9-10-15/h3-8,11,15,18,22H,9-10,12H2,1-2H3,(H,21,23). The van der Waals surface area contributed by atoms with Crippen LogP contribution in [0.25, 0.3) is 0 Å². The molecule has 0 heterocycles. The predicted octanol–water partition coefficient (Wildman–Crippen LogP) is 3.76. The number of aliphatic hydroxyl groups is 1. The first-order valence-corrected chi connectivity index (χ1v) is 8.32. The Morgan fingerprint density at radius 2 is 2.00 bits per heavy atom. The van der Waals surface area contributed by atoms with Crippen LogP contribution in [0, 0.1) is 19.8 Å². The SMILES string of the molecule is Cc1ccc(C)c(C(O)COc2ccccc2NC(=O)C2CC2)c1. The molecule has 1 aliphatic carbocycles. The Hall–Kier alpha value is -2.33. The van der Waals surface area contributed by atoms with Crippen LogP contribution in [-0.2, 0) is 4.79 Å². The van der Waals surface area contributed by atoms with E-state index in [1.807, 2.05) is 50.2 Å². The molecule has 0 spiro atoms. The van der Waals surface area contributed by atoms with Gasteiger partial charge >= 0.3 is 0 Å². The minimum Gasteiger partial charge on any atom is -0.488 e. The predicted molar refractivity (Wildman–Crippen MR) is 94.2 cm³/mol. The summed E-state index contributed by atoms with van der Waals surface area (Å²) in [4.78, 5) is 12.0. The third-order valence-corrected chi connectivity index (χ3v) is 4.28. The van der Waals surface area contributed by atoms with Crippen molar-refractivity contribution in [3.8, 4) is 5.75 Å². The van der Waals surface area contributed by atoms with Crippen LogP contribution in [0.5, 0.6) is 5.75 Å². The summed E-state index contributed by atoms with van der Waals surface area (Å²) in [6, 6.07) is 13.3. The van der Waals surface area contributed by atoms with Gasteiger partial charge in [0.2, 0.25) is 5.91 Å². The highest BCUT2D eigenvalue weighted by Crippen LogP contribution is 2.32. The lowest BCUT2D eigenvalue weighted by molar-refractivity contribution is -0.117. The summed E-state index contributed by atoms with van der Waals surface area (Å²) in [5.41, 5.74) is 3.66. The van der Waals surface area contributed by atoms with E-state index in [9.17, 15) is 9.90 Å². The van der Waals surface area contributed by atoms with E-state index in [1.165, 1.54) is 0 Å². The Labute approximate surface area is 142 Å².